The van der Waals surface area contributed by atoms with Gasteiger partial charge in [0.1, 0.15) is 5.82 Å². The van der Waals surface area contributed by atoms with Crippen LogP contribution < -0.4 is 10.6 Å². The molecule has 0 aromatic carbocycles. The van der Waals surface area contributed by atoms with Crippen LogP contribution in [0.1, 0.15) is 63.5 Å². The predicted octanol–water partition coefficient (Wildman–Crippen LogP) is 2.46. The van der Waals surface area contributed by atoms with E-state index in [0.717, 1.165) is 43.6 Å². The third-order valence-corrected chi connectivity index (χ3v) is 7.28. The first kappa shape index (κ1) is 20.4. The Morgan fingerprint density at radius 3 is 2.79 bits per heavy atom. The average molecular weight is 500 g/mol. The number of nitrogens with one attached hydrogen (secondary N) is 2. The molecule has 1 saturated heterocycles. The van der Waals surface area contributed by atoms with Crippen molar-refractivity contribution in [2.24, 2.45) is 16.3 Å². The van der Waals surface area contributed by atoms with E-state index in [0.29, 0.717) is 35.4 Å². The Morgan fingerprint density at radius 2 is 2.11 bits per heavy atom. The zero-order chi connectivity index (χ0) is 18.6. The molecule has 3 heterocycles. The summed E-state index contributed by atoms with van der Waals surface area (Å²) in [6, 6.07) is 0.862. The second-order valence-corrected chi connectivity index (χ2v) is 9.13. The van der Waals surface area contributed by atoms with Gasteiger partial charge in [-0.3, -0.25) is 4.99 Å². The number of halogens is 1. The van der Waals surface area contributed by atoms with Crippen LogP contribution in [0.25, 0.3) is 0 Å². The highest BCUT2D eigenvalue weighted by atomic mass is 127. The molecule has 1 spiro atoms. The first-order valence-electron chi connectivity index (χ1n) is 10.7. The van der Waals surface area contributed by atoms with Crippen molar-refractivity contribution in [2.75, 3.05) is 13.7 Å². The second-order valence-electron chi connectivity index (χ2n) is 9.13. The smallest absolute Gasteiger partial charge is 0.191 e. The van der Waals surface area contributed by atoms with E-state index in [-0.39, 0.29) is 24.0 Å². The molecule has 28 heavy (non-hydrogen) atoms. The molecule has 2 saturated carbocycles. The molecule has 5 rings (SSSR count). The monoisotopic (exact) mass is 500 g/mol. The van der Waals surface area contributed by atoms with Crippen LogP contribution in [-0.4, -0.2) is 52.6 Å². The van der Waals surface area contributed by atoms with Crippen molar-refractivity contribution in [3.05, 3.63) is 11.6 Å². The number of hydrogen-bond acceptors (Lipinski definition) is 4. The third-order valence-electron chi connectivity index (χ3n) is 7.28. The van der Waals surface area contributed by atoms with Crippen LogP contribution in [0.2, 0.25) is 0 Å². The van der Waals surface area contributed by atoms with E-state index >= 15 is 0 Å². The fourth-order valence-electron chi connectivity index (χ4n) is 5.66. The largest absolute Gasteiger partial charge is 0.377 e. The number of fused-ring (bicyclic) bond motifs is 3. The van der Waals surface area contributed by atoms with Gasteiger partial charge in [0.15, 0.2) is 11.8 Å². The van der Waals surface area contributed by atoms with Gasteiger partial charge >= 0.3 is 0 Å². The molecule has 4 aliphatic rings. The van der Waals surface area contributed by atoms with Gasteiger partial charge < -0.3 is 15.4 Å². The van der Waals surface area contributed by atoms with Gasteiger partial charge in [0.25, 0.3) is 0 Å². The third kappa shape index (κ3) is 3.14. The molecule has 8 heteroatoms. The van der Waals surface area contributed by atoms with Gasteiger partial charge in [0, 0.05) is 49.4 Å². The molecular formula is C20H33IN6O. The average Bonchev–Trinajstić information content (AvgIpc) is 3.22. The number of rotatable bonds is 3. The number of nitrogens with zero attached hydrogens (tertiary/aromatic N) is 4. The van der Waals surface area contributed by atoms with Crippen LogP contribution >= 0.6 is 24.0 Å². The van der Waals surface area contributed by atoms with E-state index in [2.05, 4.69) is 34.2 Å². The summed E-state index contributed by atoms with van der Waals surface area (Å²) in [6.45, 7) is 6.09. The molecule has 156 valence electrons. The molecule has 0 radical (unpaired) electrons. The summed E-state index contributed by atoms with van der Waals surface area (Å²) in [7, 11) is 1.88. The number of aliphatic imine (C=N–C) groups is 1. The van der Waals surface area contributed by atoms with Crippen molar-refractivity contribution in [1.29, 1.82) is 0 Å². The van der Waals surface area contributed by atoms with Crippen molar-refractivity contribution in [2.45, 2.75) is 83.0 Å². The molecule has 0 amide bonds. The van der Waals surface area contributed by atoms with Crippen molar-refractivity contribution in [3.63, 3.8) is 0 Å². The van der Waals surface area contributed by atoms with Crippen molar-refractivity contribution in [1.82, 2.24) is 25.4 Å². The van der Waals surface area contributed by atoms with Gasteiger partial charge in [-0.05, 0) is 25.7 Å². The van der Waals surface area contributed by atoms with E-state index in [1.165, 1.54) is 25.7 Å². The molecule has 1 aromatic rings. The Bertz CT molecular complexity index is 743. The molecule has 4 atom stereocenters. The minimum Gasteiger partial charge on any atom is -0.377 e. The number of aryl methyl sites for hydroxylation is 1. The maximum absolute atomic E-state index is 6.05. The molecule has 0 bridgehead atoms. The summed E-state index contributed by atoms with van der Waals surface area (Å²) in [4.78, 5) is 9.23. The van der Waals surface area contributed by atoms with Crippen molar-refractivity contribution in [3.8, 4) is 0 Å². The first-order chi connectivity index (χ1) is 13.1. The highest BCUT2D eigenvalue weighted by Gasteiger charge is 2.66. The van der Waals surface area contributed by atoms with Gasteiger partial charge in [-0.15, -0.1) is 24.0 Å². The van der Waals surface area contributed by atoms with Crippen LogP contribution in [0.4, 0.5) is 0 Å². The summed E-state index contributed by atoms with van der Waals surface area (Å²) in [5.41, 5.74) is 0.372. The van der Waals surface area contributed by atoms with Gasteiger partial charge in [-0.1, -0.05) is 20.3 Å². The standard InChI is InChI=1S/C20H32N6O.HI/c1-12(2)18-23-15-6-5-13(11-26(15)25-18)22-19(21-3)24-16-14-7-10-27-17(14)20(16)8-4-9-20;/h12-14,16-17H,4-11H2,1-3H3,(H2,21,22,24);1H. The van der Waals surface area contributed by atoms with Crippen LogP contribution in [0.5, 0.6) is 0 Å². The minimum absolute atomic E-state index is 0. The first-order valence-corrected chi connectivity index (χ1v) is 10.7. The highest BCUT2D eigenvalue weighted by Crippen LogP contribution is 2.62. The minimum atomic E-state index is 0. The normalized spacial score (nSPS) is 32.8. The maximum Gasteiger partial charge on any atom is 0.191 e. The molecular weight excluding hydrogens is 467 g/mol. The van der Waals surface area contributed by atoms with E-state index in [1.54, 1.807) is 0 Å². The van der Waals surface area contributed by atoms with Crippen molar-refractivity contribution < 1.29 is 4.74 Å². The number of guanidine groups is 1. The topological polar surface area (TPSA) is 76.4 Å². The predicted molar refractivity (Wildman–Crippen MR) is 119 cm³/mol. The number of aromatic nitrogens is 3. The van der Waals surface area contributed by atoms with Gasteiger partial charge in [-0.2, -0.15) is 5.10 Å². The SMILES string of the molecule is CN=C(NC1CCc2nc(C(C)C)nn2C1)NC1C2CCOC2C12CCC2.I. The summed E-state index contributed by atoms with van der Waals surface area (Å²) < 4.78 is 8.13. The zero-order valence-electron chi connectivity index (χ0n) is 17.1. The van der Waals surface area contributed by atoms with Gasteiger partial charge in [0.2, 0.25) is 0 Å². The Balaban J connectivity index is 0.00000192. The molecule has 7 nitrogen and oxygen atoms in total. The Hall–Kier alpha value is -0.900. The van der Waals surface area contributed by atoms with Gasteiger partial charge in [0.05, 0.1) is 12.6 Å². The van der Waals surface area contributed by atoms with E-state index in [4.69, 9.17) is 14.8 Å². The Kier molecular flexibility index (Phi) is 5.63. The number of ether oxygens (including phenoxy) is 1. The van der Waals surface area contributed by atoms with E-state index < -0.39 is 0 Å². The maximum atomic E-state index is 6.05. The van der Waals surface area contributed by atoms with Crippen molar-refractivity contribution >= 4 is 29.9 Å². The molecule has 1 aromatic heterocycles. The molecule has 2 aliphatic carbocycles. The molecule has 2 aliphatic heterocycles. The lowest BCUT2D eigenvalue weighted by Crippen LogP contribution is -2.72. The number of hydrogen-bond donors (Lipinski definition) is 2. The lowest BCUT2D eigenvalue weighted by molar-refractivity contribution is -0.171. The summed E-state index contributed by atoms with van der Waals surface area (Å²) in [5, 5.41) is 12.1. The fraction of sp³-hybridized carbons (Fsp3) is 0.850. The lowest BCUT2D eigenvalue weighted by atomic mass is 9.46. The Labute approximate surface area is 184 Å². The van der Waals surface area contributed by atoms with Crippen LogP contribution in [0.3, 0.4) is 0 Å². The zero-order valence-corrected chi connectivity index (χ0v) is 19.5. The van der Waals surface area contributed by atoms with Crippen LogP contribution in [0.15, 0.2) is 4.99 Å². The van der Waals surface area contributed by atoms with E-state index in [1.807, 2.05) is 7.05 Å². The second kappa shape index (κ2) is 7.74. The molecule has 4 unspecified atom stereocenters. The van der Waals surface area contributed by atoms with Crippen LogP contribution in [0, 0.1) is 11.3 Å². The van der Waals surface area contributed by atoms with E-state index in [9.17, 15) is 0 Å². The summed E-state index contributed by atoms with van der Waals surface area (Å²) in [6.07, 6.45) is 7.65. The Morgan fingerprint density at radius 1 is 1.29 bits per heavy atom. The molecule has 3 fully saturated rings. The fourth-order valence-corrected chi connectivity index (χ4v) is 5.66. The quantitative estimate of drug-likeness (QED) is 0.379. The van der Waals surface area contributed by atoms with Gasteiger partial charge in [-0.25, -0.2) is 9.67 Å². The van der Waals surface area contributed by atoms with Crippen LogP contribution in [-0.2, 0) is 17.7 Å². The highest BCUT2D eigenvalue weighted by molar-refractivity contribution is 14.0. The summed E-state index contributed by atoms with van der Waals surface area (Å²) >= 11 is 0. The summed E-state index contributed by atoms with van der Waals surface area (Å²) in [5.74, 6) is 4.06. The lowest BCUT2D eigenvalue weighted by Gasteiger charge is -2.63. The molecule has 2 N–H and O–H groups in total.